The smallest absolute Gasteiger partial charge is 0.225 e. The largest absolute Gasteiger partial charge is 0.359 e. The maximum Gasteiger partial charge on any atom is 0.225 e. The van der Waals surface area contributed by atoms with E-state index in [2.05, 4.69) is 10.5 Å². The summed E-state index contributed by atoms with van der Waals surface area (Å²) in [6.45, 7) is 3.38. The molecule has 2 rings (SSSR count). The zero-order valence-corrected chi connectivity index (χ0v) is 11.1. The molecule has 1 aromatic heterocycles. The molecule has 0 unspecified atom stereocenters. The van der Waals surface area contributed by atoms with Crippen molar-refractivity contribution >= 4 is 11.6 Å². The summed E-state index contributed by atoms with van der Waals surface area (Å²) in [5.74, 6) is -1.43. The van der Waals surface area contributed by atoms with Crippen LogP contribution in [0.5, 0.6) is 0 Å². The Kier molecular flexibility index (Phi) is 4.12. The second-order valence-corrected chi connectivity index (χ2v) is 4.61. The van der Waals surface area contributed by atoms with Crippen molar-refractivity contribution < 1.29 is 18.1 Å². The third-order valence-electron chi connectivity index (χ3n) is 3.01. The number of nitrogens with zero attached hydrogens (tertiary/aromatic N) is 1. The van der Waals surface area contributed by atoms with Crippen LogP contribution in [0.2, 0.25) is 0 Å². The molecule has 0 fully saturated rings. The van der Waals surface area contributed by atoms with Crippen molar-refractivity contribution in [2.45, 2.75) is 26.2 Å². The van der Waals surface area contributed by atoms with Gasteiger partial charge in [-0.05, 0) is 24.5 Å². The zero-order chi connectivity index (χ0) is 14.7. The first-order chi connectivity index (χ1) is 9.47. The molecule has 2 aromatic rings. The van der Waals surface area contributed by atoms with E-state index < -0.39 is 11.6 Å². The lowest BCUT2D eigenvalue weighted by molar-refractivity contribution is -0.116. The molecule has 0 aliphatic carbocycles. The Labute approximate surface area is 114 Å². The van der Waals surface area contributed by atoms with E-state index in [1.807, 2.05) is 0 Å². The molecule has 0 aliphatic rings. The summed E-state index contributed by atoms with van der Waals surface area (Å²) in [6.07, 6.45) is 1.48. The highest BCUT2D eigenvalue weighted by molar-refractivity contribution is 5.91. The van der Waals surface area contributed by atoms with Crippen LogP contribution < -0.4 is 5.32 Å². The van der Waals surface area contributed by atoms with Crippen molar-refractivity contribution in [2.75, 3.05) is 5.32 Å². The van der Waals surface area contributed by atoms with Crippen LogP contribution in [0.15, 0.2) is 28.9 Å². The molecule has 20 heavy (non-hydrogen) atoms. The van der Waals surface area contributed by atoms with Crippen molar-refractivity contribution in [2.24, 2.45) is 0 Å². The van der Waals surface area contributed by atoms with Gasteiger partial charge in [-0.1, -0.05) is 18.1 Å². The van der Waals surface area contributed by atoms with Gasteiger partial charge in [0.15, 0.2) is 5.76 Å². The van der Waals surface area contributed by atoms with Gasteiger partial charge in [-0.25, -0.2) is 8.78 Å². The summed E-state index contributed by atoms with van der Waals surface area (Å²) in [4.78, 5) is 11.8. The number of aryl methyl sites for hydroxylation is 1. The molecule has 0 aliphatic heterocycles. The Morgan fingerprint density at radius 2 is 2.20 bits per heavy atom. The number of rotatable bonds is 4. The Balaban J connectivity index is 2.02. The second-order valence-electron chi connectivity index (χ2n) is 4.61. The van der Waals surface area contributed by atoms with Crippen molar-refractivity contribution in [3.8, 4) is 0 Å². The van der Waals surface area contributed by atoms with Crippen LogP contribution in [0.25, 0.3) is 0 Å². The minimum absolute atomic E-state index is 0.0766. The van der Waals surface area contributed by atoms with Gasteiger partial charge in [-0.3, -0.25) is 4.79 Å². The lowest BCUT2D eigenvalue weighted by Crippen LogP contribution is -2.15. The highest BCUT2D eigenvalue weighted by Crippen LogP contribution is 2.23. The van der Waals surface area contributed by atoms with Crippen LogP contribution in [-0.4, -0.2) is 11.1 Å². The van der Waals surface area contributed by atoms with E-state index in [-0.39, 0.29) is 18.2 Å². The molecule has 0 saturated heterocycles. The van der Waals surface area contributed by atoms with Gasteiger partial charge >= 0.3 is 0 Å². The quantitative estimate of drug-likeness (QED) is 0.934. The number of carbonyl (C=O) groups excluding carboxylic acids is 1. The molecule has 1 atom stereocenters. The zero-order valence-electron chi connectivity index (χ0n) is 11.1. The highest BCUT2D eigenvalue weighted by atomic mass is 19.1. The van der Waals surface area contributed by atoms with Crippen LogP contribution in [0.4, 0.5) is 14.5 Å². The number of amides is 1. The standard InChI is InChI=1S/C14H14F2N2O2/c1-8(11-4-3-10(15)6-12(11)16)5-14(19)18-13-7-17-20-9(13)2/h3-4,6-8H,5H2,1-2H3,(H,18,19)/t8-/m1/s1. The fourth-order valence-corrected chi connectivity index (χ4v) is 1.91. The number of hydrogen-bond donors (Lipinski definition) is 1. The molecule has 0 saturated carbocycles. The van der Waals surface area contributed by atoms with Gasteiger partial charge < -0.3 is 9.84 Å². The molecule has 4 nitrogen and oxygen atoms in total. The minimum atomic E-state index is -0.647. The number of aromatic nitrogens is 1. The number of carbonyl (C=O) groups is 1. The molecule has 1 aromatic carbocycles. The molecule has 1 N–H and O–H groups in total. The van der Waals surface area contributed by atoms with Gasteiger partial charge in [-0.15, -0.1) is 0 Å². The van der Waals surface area contributed by atoms with Gasteiger partial charge in [0.05, 0.1) is 6.20 Å². The van der Waals surface area contributed by atoms with Crippen LogP contribution >= 0.6 is 0 Å². The van der Waals surface area contributed by atoms with E-state index in [0.717, 1.165) is 6.07 Å². The van der Waals surface area contributed by atoms with Crippen molar-refractivity contribution in [1.29, 1.82) is 0 Å². The first-order valence-electron chi connectivity index (χ1n) is 6.13. The van der Waals surface area contributed by atoms with E-state index >= 15 is 0 Å². The fourth-order valence-electron chi connectivity index (χ4n) is 1.91. The fraction of sp³-hybridized carbons (Fsp3) is 0.286. The molecular formula is C14H14F2N2O2. The maximum atomic E-state index is 13.6. The van der Waals surface area contributed by atoms with Crippen molar-refractivity contribution in [3.63, 3.8) is 0 Å². The topological polar surface area (TPSA) is 55.1 Å². The molecule has 1 heterocycles. The van der Waals surface area contributed by atoms with Gasteiger partial charge in [0, 0.05) is 12.5 Å². The van der Waals surface area contributed by atoms with E-state index in [1.165, 1.54) is 18.3 Å². The normalized spacial score (nSPS) is 12.2. The molecule has 0 spiro atoms. The van der Waals surface area contributed by atoms with Gasteiger partial charge in [-0.2, -0.15) is 0 Å². The predicted molar refractivity (Wildman–Crippen MR) is 69.3 cm³/mol. The Hall–Kier alpha value is -2.24. The monoisotopic (exact) mass is 280 g/mol. The van der Waals surface area contributed by atoms with E-state index in [4.69, 9.17) is 4.52 Å². The average molecular weight is 280 g/mol. The SMILES string of the molecule is Cc1oncc1NC(=O)C[C@@H](C)c1ccc(F)cc1F. The number of halogens is 2. The summed E-state index contributed by atoms with van der Waals surface area (Å²) >= 11 is 0. The predicted octanol–water partition coefficient (Wildman–Crippen LogP) is 3.39. The first kappa shape index (κ1) is 14.2. The summed E-state index contributed by atoms with van der Waals surface area (Å²) in [7, 11) is 0. The lowest BCUT2D eigenvalue weighted by Gasteiger charge is -2.12. The summed E-state index contributed by atoms with van der Waals surface area (Å²) in [5, 5.41) is 6.17. The third-order valence-corrected chi connectivity index (χ3v) is 3.01. The highest BCUT2D eigenvalue weighted by Gasteiger charge is 2.16. The lowest BCUT2D eigenvalue weighted by atomic mass is 9.97. The third kappa shape index (κ3) is 3.20. The second kappa shape index (κ2) is 5.81. The van der Waals surface area contributed by atoms with E-state index in [0.29, 0.717) is 17.0 Å². The molecular weight excluding hydrogens is 266 g/mol. The van der Waals surface area contributed by atoms with Gasteiger partial charge in [0.1, 0.15) is 17.3 Å². The molecule has 106 valence electrons. The summed E-state index contributed by atoms with van der Waals surface area (Å²) < 4.78 is 31.3. The molecule has 6 heteroatoms. The van der Waals surface area contributed by atoms with Crippen LogP contribution in [0.3, 0.4) is 0 Å². The van der Waals surface area contributed by atoms with Gasteiger partial charge in [0.2, 0.25) is 5.91 Å². The van der Waals surface area contributed by atoms with Crippen LogP contribution in [0, 0.1) is 18.6 Å². The Bertz CT molecular complexity index is 625. The van der Waals surface area contributed by atoms with Crippen LogP contribution in [-0.2, 0) is 4.79 Å². The number of hydrogen-bond acceptors (Lipinski definition) is 3. The minimum Gasteiger partial charge on any atom is -0.359 e. The average Bonchev–Trinajstić information content (AvgIpc) is 2.74. The van der Waals surface area contributed by atoms with Crippen molar-refractivity contribution in [1.82, 2.24) is 5.16 Å². The first-order valence-corrected chi connectivity index (χ1v) is 6.13. The summed E-state index contributed by atoms with van der Waals surface area (Å²) in [5.41, 5.74) is 0.797. The molecule has 0 bridgehead atoms. The number of nitrogens with one attached hydrogen (secondary N) is 1. The van der Waals surface area contributed by atoms with E-state index in [1.54, 1.807) is 13.8 Å². The maximum absolute atomic E-state index is 13.6. The molecule has 0 radical (unpaired) electrons. The van der Waals surface area contributed by atoms with E-state index in [9.17, 15) is 13.6 Å². The Morgan fingerprint density at radius 1 is 1.45 bits per heavy atom. The number of anilines is 1. The molecule has 1 amide bonds. The van der Waals surface area contributed by atoms with Gasteiger partial charge in [0.25, 0.3) is 0 Å². The summed E-state index contributed by atoms with van der Waals surface area (Å²) in [6, 6.07) is 3.35. The van der Waals surface area contributed by atoms with Crippen LogP contribution in [0.1, 0.15) is 30.6 Å². The van der Waals surface area contributed by atoms with Crippen molar-refractivity contribution in [3.05, 3.63) is 47.4 Å². The Morgan fingerprint density at radius 3 is 2.80 bits per heavy atom. The number of benzene rings is 1.